The molecule has 1 unspecified atom stereocenters. The second-order valence-corrected chi connectivity index (χ2v) is 8.20. The smallest absolute Gasteiger partial charge is 0.244 e. The number of allylic oxidation sites excluding steroid dienone is 2. The minimum atomic E-state index is -0.777. The summed E-state index contributed by atoms with van der Waals surface area (Å²) in [6.07, 6.45) is 5.14. The first kappa shape index (κ1) is 19.2. The van der Waals surface area contributed by atoms with Crippen molar-refractivity contribution in [3.05, 3.63) is 89.6 Å². The third-order valence-corrected chi connectivity index (χ3v) is 6.46. The molecule has 6 nitrogen and oxygen atoms in total. The number of hydrogen-bond donors (Lipinski definition) is 1. The summed E-state index contributed by atoms with van der Waals surface area (Å²) < 4.78 is 0. The third-order valence-electron chi connectivity index (χ3n) is 6.46. The Balaban J connectivity index is 1.61. The van der Waals surface area contributed by atoms with Crippen LogP contribution in [0.3, 0.4) is 0 Å². The minimum absolute atomic E-state index is 0.168. The van der Waals surface area contributed by atoms with E-state index < -0.39 is 23.9 Å². The number of hydrogen-bond acceptors (Lipinski definition) is 4. The standard InChI is InChI=1S/C25H19N3O3/c1-15-7-9-18(10-8-15)28-24(30)20-19-13-16(14-26)11-12-27(19)22(21(20)25(28)31)23(29)17-5-3-2-4-6-17/h2-13,19-22H,1H3/p+1/t19-,20-,21-,22+/m0/s1. The van der Waals surface area contributed by atoms with Gasteiger partial charge in [-0.15, -0.1) is 0 Å². The zero-order chi connectivity index (χ0) is 21.7. The minimum Gasteiger partial charge on any atom is -0.293 e. The average Bonchev–Trinajstić information content (AvgIpc) is 3.26. The molecule has 0 aromatic heterocycles. The molecule has 2 amide bonds. The van der Waals surface area contributed by atoms with Gasteiger partial charge in [0, 0.05) is 11.6 Å². The van der Waals surface area contributed by atoms with Crippen LogP contribution < -0.4 is 9.80 Å². The largest absolute Gasteiger partial charge is 0.293 e. The van der Waals surface area contributed by atoms with Crippen molar-refractivity contribution < 1.29 is 19.3 Å². The molecule has 152 valence electrons. The molecule has 0 bridgehead atoms. The van der Waals surface area contributed by atoms with Crippen molar-refractivity contribution >= 4 is 23.3 Å². The molecular formula is C25H20N3O3+. The van der Waals surface area contributed by atoms with E-state index in [0.29, 0.717) is 16.8 Å². The zero-order valence-electron chi connectivity index (χ0n) is 16.9. The number of carbonyl (C=O) groups excluding carboxylic acids is 3. The molecule has 0 radical (unpaired) electrons. The summed E-state index contributed by atoms with van der Waals surface area (Å²) in [5.74, 6) is -2.29. The van der Waals surface area contributed by atoms with Crippen LogP contribution in [0.5, 0.6) is 0 Å². The Hall–Kier alpha value is -3.82. The van der Waals surface area contributed by atoms with Crippen LogP contribution in [0.25, 0.3) is 0 Å². The van der Waals surface area contributed by atoms with E-state index in [-0.39, 0.29) is 17.6 Å². The third kappa shape index (κ3) is 2.86. The highest BCUT2D eigenvalue weighted by atomic mass is 16.2. The molecule has 1 N–H and O–H groups in total. The number of amides is 2. The van der Waals surface area contributed by atoms with Crippen LogP contribution in [0.1, 0.15) is 15.9 Å². The van der Waals surface area contributed by atoms with Crippen LogP contribution in [0, 0.1) is 30.1 Å². The zero-order valence-corrected chi connectivity index (χ0v) is 16.9. The molecule has 2 aromatic rings. The molecule has 2 aromatic carbocycles. The number of nitrogens with one attached hydrogen (secondary N) is 1. The molecule has 3 aliphatic heterocycles. The predicted octanol–water partition coefficient (Wildman–Crippen LogP) is 1.60. The first-order valence-electron chi connectivity index (χ1n) is 10.2. The van der Waals surface area contributed by atoms with Crippen molar-refractivity contribution in [3.8, 4) is 6.07 Å². The van der Waals surface area contributed by atoms with E-state index in [9.17, 15) is 19.6 Å². The lowest BCUT2D eigenvalue weighted by Crippen LogP contribution is -3.15. The number of benzene rings is 2. The SMILES string of the molecule is Cc1ccc(N2C(=O)[C@@H]3[C@H](C2=O)[C@H](C(=O)c2ccccc2)[NH+]2C=CC(C#N)=C[C@@H]32)cc1. The van der Waals surface area contributed by atoms with Gasteiger partial charge in [-0.2, -0.15) is 5.26 Å². The fraction of sp³-hybridized carbons (Fsp3) is 0.200. The number of anilines is 1. The van der Waals surface area contributed by atoms with Crippen molar-refractivity contribution in [2.24, 2.45) is 11.8 Å². The molecule has 5 atom stereocenters. The van der Waals surface area contributed by atoms with Crippen LogP contribution in [-0.2, 0) is 9.59 Å². The number of imide groups is 1. The quantitative estimate of drug-likeness (QED) is 0.616. The van der Waals surface area contributed by atoms with E-state index in [2.05, 4.69) is 6.07 Å². The summed E-state index contributed by atoms with van der Waals surface area (Å²) in [5, 5.41) is 9.37. The Morgan fingerprint density at radius 3 is 2.35 bits per heavy atom. The van der Waals surface area contributed by atoms with E-state index in [4.69, 9.17) is 0 Å². The highest BCUT2D eigenvalue weighted by molar-refractivity contribution is 6.24. The maximum absolute atomic E-state index is 13.6. The van der Waals surface area contributed by atoms with Gasteiger partial charge in [-0.05, 0) is 25.1 Å². The van der Waals surface area contributed by atoms with E-state index in [1.165, 1.54) is 4.90 Å². The number of nitrogens with zero attached hydrogens (tertiary/aromatic N) is 2. The molecule has 2 saturated heterocycles. The second-order valence-electron chi connectivity index (χ2n) is 8.20. The number of carbonyl (C=O) groups is 3. The second kappa shape index (κ2) is 7.15. The molecule has 0 spiro atoms. The number of fused-ring (bicyclic) bond motifs is 3. The molecule has 2 fully saturated rings. The first-order chi connectivity index (χ1) is 15.0. The van der Waals surface area contributed by atoms with Crippen molar-refractivity contribution in [1.29, 1.82) is 5.26 Å². The monoisotopic (exact) mass is 410 g/mol. The molecule has 31 heavy (non-hydrogen) atoms. The number of Topliss-reactive ketones (excluding diaryl/α,β-unsaturated/α-hetero) is 1. The van der Waals surface area contributed by atoms with Gasteiger partial charge in [0.15, 0.2) is 6.04 Å². The lowest BCUT2D eigenvalue weighted by molar-refractivity contribution is -0.871. The summed E-state index contributed by atoms with van der Waals surface area (Å²) >= 11 is 0. The van der Waals surface area contributed by atoms with E-state index >= 15 is 0 Å². The topological polar surface area (TPSA) is 82.7 Å². The van der Waals surface area contributed by atoms with Crippen LogP contribution in [0.15, 0.2) is 78.5 Å². The molecule has 0 aliphatic carbocycles. The number of rotatable bonds is 3. The molecule has 3 heterocycles. The van der Waals surface area contributed by atoms with Gasteiger partial charge < -0.3 is 0 Å². The van der Waals surface area contributed by atoms with Crippen molar-refractivity contribution in [2.45, 2.75) is 19.0 Å². The summed E-state index contributed by atoms with van der Waals surface area (Å²) in [7, 11) is 0. The van der Waals surface area contributed by atoms with Gasteiger partial charge >= 0.3 is 0 Å². The summed E-state index contributed by atoms with van der Waals surface area (Å²) in [6, 6.07) is 17.0. The van der Waals surface area contributed by atoms with Gasteiger partial charge in [-0.3, -0.25) is 19.3 Å². The van der Waals surface area contributed by atoms with Gasteiger partial charge in [-0.25, -0.2) is 4.90 Å². The summed E-state index contributed by atoms with van der Waals surface area (Å²) in [6.45, 7) is 1.94. The van der Waals surface area contributed by atoms with Gasteiger partial charge in [0.25, 0.3) is 0 Å². The van der Waals surface area contributed by atoms with Crippen molar-refractivity contribution in [1.82, 2.24) is 0 Å². The van der Waals surface area contributed by atoms with Crippen molar-refractivity contribution in [3.63, 3.8) is 0 Å². The molecule has 3 aliphatic rings. The number of ketones is 1. The normalized spacial score (nSPS) is 28.7. The summed E-state index contributed by atoms with van der Waals surface area (Å²) in [5.41, 5.74) is 2.49. The van der Waals surface area contributed by atoms with Crippen LogP contribution >= 0.6 is 0 Å². The van der Waals surface area contributed by atoms with Crippen LogP contribution in [-0.4, -0.2) is 29.7 Å². The Labute approximate surface area is 179 Å². The Morgan fingerprint density at radius 2 is 1.68 bits per heavy atom. The maximum Gasteiger partial charge on any atom is 0.244 e. The Kier molecular flexibility index (Phi) is 4.42. The average molecular weight is 410 g/mol. The Bertz CT molecular complexity index is 1190. The van der Waals surface area contributed by atoms with Gasteiger partial charge in [0.2, 0.25) is 17.6 Å². The van der Waals surface area contributed by atoms with Crippen LogP contribution in [0.2, 0.25) is 0 Å². The van der Waals surface area contributed by atoms with E-state index in [1.54, 1.807) is 54.8 Å². The predicted molar refractivity (Wildman–Crippen MR) is 113 cm³/mol. The van der Waals surface area contributed by atoms with Crippen molar-refractivity contribution in [2.75, 3.05) is 4.90 Å². The highest BCUT2D eigenvalue weighted by Gasteiger charge is 2.67. The fourth-order valence-corrected chi connectivity index (χ4v) is 5.03. The number of nitriles is 1. The number of quaternary nitrogens is 1. The molecule has 0 saturated carbocycles. The van der Waals surface area contributed by atoms with Crippen LogP contribution in [0.4, 0.5) is 5.69 Å². The van der Waals surface area contributed by atoms with Gasteiger partial charge in [0.05, 0.1) is 23.5 Å². The van der Waals surface area contributed by atoms with Gasteiger partial charge in [-0.1, -0.05) is 48.0 Å². The Morgan fingerprint density at radius 1 is 1.00 bits per heavy atom. The van der Waals surface area contributed by atoms with E-state index in [0.717, 1.165) is 10.5 Å². The van der Waals surface area contributed by atoms with Gasteiger partial charge in [0.1, 0.15) is 17.9 Å². The lowest BCUT2D eigenvalue weighted by Gasteiger charge is -2.27. The van der Waals surface area contributed by atoms with E-state index in [1.807, 2.05) is 25.1 Å². The summed E-state index contributed by atoms with van der Waals surface area (Å²) in [4.78, 5) is 42.5. The number of aryl methyl sites for hydroxylation is 1. The fourth-order valence-electron chi connectivity index (χ4n) is 5.03. The first-order valence-corrected chi connectivity index (χ1v) is 10.2. The highest BCUT2D eigenvalue weighted by Crippen LogP contribution is 2.39. The molecule has 6 heteroatoms. The lowest BCUT2D eigenvalue weighted by atomic mass is 9.86. The molecular weight excluding hydrogens is 390 g/mol. The molecule has 5 rings (SSSR count). The maximum atomic E-state index is 13.6.